The molecule has 0 fully saturated rings. The molecule has 0 heterocycles. The van der Waals surface area contributed by atoms with Crippen molar-refractivity contribution in [2.24, 2.45) is 0 Å². The number of hydrogen-bond acceptors (Lipinski definition) is 1. The first kappa shape index (κ1) is 28.0. The van der Waals surface area contributed by atoms with E-state index in [1.54, 1.807) is 0 Å². The summed E-state index contributed by atoms with van der Waals surface area (Å²) < 4.78 is 0. The number of benzene rings is 4. The summed E-state index contributed by atoms with van der Waals surface area (Å²) in [4.78, 5) is 14.0. The van der Waals surface area contributed by atoms with Crippen molar-refractivity contribution in [3.8, 4) is 0 Å². The van der Waals surface area contributed by atoms with Crippen LogP contribution in [0.5, 0.6) is 0 Å². The van der Waals surface area contributed by atoms with Gasteiger partial charge in [0, 0.05) is 38.8 Å². The third-order valence-corrected chi connectivity index (χ3v) is 6.79. The normalized spacial score (nSPS) is 16.4. The van der Waals surface area contributed by atoms with E-state index < -0.39 is 0 Å². The third kappa shape index (κ3) is 6.72. The molecular formula is C37H32NiO. The fraction of sp³-hybridized carbons (Fsp3) is 0.108. The fourth-order valence-electron chi connectivity index (χ4n) is 5.01. The van der Waals surface area contributed by atoms with E-state index in [9.17, 15) is 4.79 Å². The summed E-state index contributed by atoms with van der Waals surface area (Å²) >= 11 is 0. The summed E-state index contributed by atoms with van der Waals surface area (Å²) in [6.45, 7) is 0. The monoisotopic (exact) mass is 550 g/mol. The Balaban J connectivity index is 0.000000339. The maximum absolute atomic E-state index is 14.0. The van der Waals surface area contributed by atoms with Gasteiger partial charge >= 0.3 is 0 Å². The van der Waals surface area contributed by atoms with Crippen molar-refractivity contribution in [1.29, 1.82) is 0 Å². The number of allylic oxidation sites excluding steroid dienone is 8. The van der Waals surface area contributed by atoms with Gasteiger partial charge in [0.1, 0.15) is 0 Å². The zero-order valence-corrected chi connectivity index (χ0v) is 22.9. The van der Waals surface area contributed by atoms with E-state index in [1.807, 2.05) is 97.1 Å². The molecule has 0 amide bonds. The number of rotatable bonds is 4. The summed E-state index contributed by atoms with van der Waals surface area (Å²) in [6, 6.07) is 40.5. The molecule has 2 aliphatic carbocycles. The van der Waals surface area contributed by atoms with Crippen LogP contribution in [0, 0.1) is 0 Å². The predicted octanol–water partition coefficient (Wildman–Crippen LogP) is 9.46. The van der Waals surface area contributed by atoms with Crippen LogP contribution >= 0.6 is 0 Å². The van der Waals surface area contributed by atoms with E-state index >= 15 is 0 Å². The molecule has 4 aromatic carbocycles. The molecule has 0 radical (unpaired) electrons. The molecular weight excluding hydrogens is 519 g/mol. The average Bonchev–Trinajstić information content (AvgIpc) is 3.27. The van der Waals surface area contributed by atoms with Crippen molar-refractivity contribution in [3.05, 3.63) is 168 Å². The Morgan fingerprint density at radius 1 is 0.333 bits per heavy atom. The minimum atomic E-state index is 0. The number of hydrogen-bond donors (Lipinski definition) is 0. The number of carbonyl (C=O) groups is 1. The van der Waals surface area contributed by atoms with E-state index in [4.69, 9.17) is 0 Å². The molecule has 0 atom stereocenters. The molecule has 0 aromatic heterocycles. The van der Waals surface area contributed by atoms with Crippen molar-refractivity contribution in [2.45, 2.75) is 25.7 Å². The Hall–Kier alpha value is -4.00. The fourth-order valence-corrected chi connectivity index (χ4v) is 5.01. The van der Waals surface area contributed by atoms with Gasteiger partial charge in [0.05, 0.1) is 0 Å². The third-order valence-electron chi connectivity index (χ3n) is 6.79. The molecule has 4 aromatic rings. The minimum Gasteiger partial charge on any atom is -0.289 e. The van der Waals surface area contributed by atoms with E-state index in [0.717, 1.165) is 44.5 Å². The summed E-state index contributed by atoms with van der Waals surface area (Å²) in [7, 11) is 0. The second-order valence-electron chi connectivity index (χ2n) is 9.39. The molecule has 0 saturated heterocycles. The van der Waals surface area contributed by atoms with Gasteiger partial charge in [0.25, 0.3) is 0 Å². The van der Waals surface area contributed by atoms with Crippen LogP contribution in [-0.4, -0.2) is 5.78 Å². The maximum atomic E-state index is 14.0. The first-order chi connectivity index (χ1) is 18.8. The van der Waals surface area contributed by atoms with Crippen LogP contribution in [0.2, 0.25) is 0 Å². The van der Waals surface area contributed by atoms with E-state index in [2.05, 4.69) is 48.6 Å². The van der Waals surface area contributed by atoms with Crippen molar-refractivity contribution in [3.63, 3.8) is 0 Å². The van der Waals surface area contributed by atoms with E-state index in [1.165, 1.54) is 25.7 Å². The minimum absolute atomic E-state index is 0. The van der Waals surface area contributed by atoms with Gasteiger partial charge in [-0.25, -0.2) is 0 Å². The Morgan fingerprint density at radius 3 is 0.821 bits per heavy atom. The Morgan fingerprint density at radius 2 is 0.564 bits per heavy atom. The standard InChI is InChI=1S/C29H20O.C8H12.Ni/c30-29-27(23-17-9-3-10-18-23)25(21-13-5-1-6-14-21)26(22-15-7-2-8-16-22)28(29)24-19-11-4-12-20-24;1-2-4-6-8-7-5-3-1;/h1-20H;1-2,7-8H,3-6H2;/b;2-1-,8-7-;. The second-order valence-corrected chi connectivity index (χ2v) is 9.39. The topological polar surface area (TPSA) is 17.1 Å². The van der Waals surface area contributed by atoms with Gasteiger partial charge in [0.2, 0.25) is 0 Å². The number of ketones is 1. The molecule has 0 unspecified atom stereocenters. The van der Waals surface area contributed by atoms with Gasteiger partial charge in [-0.15, -0.1) is 0 Å². The average molecular weight is 551 g/mol. The molecule has 0 N–H and O–H groups in total. The van der Waals surface area contributed by atoms with Crippen molar-refractivity contribution in [2.75, 3.05) is 0 Å². The second kappa shape index (κ2) is 14.2. The molecule has 2 aliphatic rings. The first-order valence-corrected chi connectivity index (χ1v) is 13.4. The summed E-state index contributed by atoms with van der Waals surface area (Å²) in [5.74, 6) is 0.0742. The van der Waals surface area contributed by atoms with Crippen LogP contribution in [-0.2, 0) is 21.3 Å². The molecule has 0 spiro atoms. The summed E-state index contributed by atoms with van der Waals surface area (Å²) in [6.07, 6.45) is 14.0. The van der Waals surface area contributed by atoms with Crippen LogP contribution in [0.1, 0.15) is 47.9 Å². The summed E-state index contributed by atoms with van der Waals surface area (Å²) in [5, 5.41) is 0. The smallest absolute Gasteiger partial charge is 0.195 e. The number of carbonyl (C=O) groups excluding carboxylic acids is 1. The number of Topliss-reactive ketones (excluding diaryl/α,β-unsaturated/α-hetero) is 1. The van der Waals surface area contributed by atoms with Crippen molar-refractivity contribution >= 4 is 28.1 Å². The van der Waals surface area contributed by atoms with E-state index in [-0.39, 0.29) is 22.3 Å². The Kier molecular flexibility index (Phi) is 10.2. The molecule has 1 nitrogen and oxygen atoms in total. The van der Waals surface area contributed by atoms with Crippen LogP contribution in [0.15, 0.2) is 146 Å². The molecule has 196 valence electrons. The van der Waals surface area contributed by atoms with Gasteiger partial charge in [-0.3, -0.25) is 4.79 Å². The van der Waals surface area contributed by atoms with Gasteiger partial charge in [-0.05, 0) is 47.9 Å². The van der Waals surface area contributed by atoms with E-state index in [0.29, 0.717) is 0 Å². The van der Waals surface area contributed by atoms with Gasteiger partial charge in [-0.2, -0.15) is 0 Å². The van der Waals surface area contributed by atoms with Crippen molar-refractivity contribution < 1.29 is 21.3 Å². The summed E-state index contributed by atoms with van der Waals surface area (Å²) in [5.41, 5.74) is 7.51. The van der Waals surface area contributed by atoms with Crippen LogP contribution < -0.4 is 0 Å². The molecule has 2 heteroatoms. The zero-order valence-electron chi connectivity index (χ0n) is 21.9. The Labute approximate surface area is 242 Å². The van der Waals surface area contributed by atoms with Crippen LogP contribution in [0.3, 0.4) is 0 Å². The molecule has 6 rings (SSSR count). The van der Waals surface area contributed by atoms with Crippen molar-refractivity contribution in [1.82, 2.24) is 0 Å². The molecule has 0 bridgehead atoms. The van der Waals surface area contributed by atoms with Crippen LogP contribution in [0.25, 0.3) is 22.3 Å². The zero-order chi connectivity index (χ0) is 26.0. The maximum Gasteiger partial charge on any atom is 0.195 e. The largest absolute Gasteiger partial charge is 0.289 e. The van der Waals surface area contributed by atoms with Gasteiger partial charge in [-0.1, -0.05) is 146 Å². The molecule has 0 saturated carbocycles. The van der Waals surface area contributed by atoms with Crippen LogP contribution in [0.4, 0.5) is 0 Å². The SMILES string of the molecule is C1=C\CC/C=C\CC/1.O=C1C(c2ccccc2)=C(c2ccccc2)C(c2ccccc2)=C1c1ccccc1.[Ni]. The van der Waals surface area contributed by atoms with Gasteiger partial charge in [0.15, 0.2) is 5.78 Å². The first-order valence-electron chi connectivity index (χ1n) is 13.4. The predicted molar refractivity (Wildman–Crippen MR) is 161 cm³/mol. The molecule has 39 heavy (non-hydrogen) atoms. The quantitative estimate of drug-likeness (QED) is 0.182. The Bertz CT molecular complexity index is 1350. The van der Waals surface area contributed by atoms with Gasteiger partial charge < -0.3 is 0 Å². The molecule has 0 aliphatic heterocycles.